The molecule has 0 atom stereocenters. The van der Waals surface area contributed by atoms with Crippen LogP contribution in [0.3, 0.4) is 0 Å². The Morgan fingerprint density at radius 2 is 2.19 bits per heavy atom. The van der Waals surface area contributed by atoms with E-state index in [2.05, 4.69) is 9.97 Å². The fraction of sp³-hybridized carbons (Fsp3) is 0.250. The first-order valence-electron chi connectivity index (χ1n) is 5.32. The van der Waals surface area contributed by atoms with Gasteiger partial charge < -0.3 is 15.5 Å². The molecule has 0 aliphatic rings. The van der Waals surface area contributed by atoms with Gasteiger partial charge in [0.1, 0.15) is 5.75 Å². The molecule has 0 bridgehead atoms. The number of benzene rings is 1. The Bertz CT molecular complexity index is 426. The molecule has 0 radical (unpaired) electrons. The van der Waals surface area contributed by atoms with Crippen molar-refractivity contribution in [3.8, 4) is 17.0 Å². The van der Waals surface area contributed by atoms with Crippen LogP contribution in [0.2, 0.25) is 0 Å². The van der Waals surface area contributed by atoms with Crippen LogP contribution in [0.1, 0.15) is 6.42 Å². The lowest BCUT2D eigenvalue weighted by molar-refractivity contribution is 0.314. The van der Waals surface area contributed by atoms with Gasteiger partial charge in [-0.1, -0.05) is 12.1 Å². The summed E-state index contributed by atoms with van der Waals surface area (Å²) in [6.45, 7) is 1.29. The molecule has 0 spiro atoms. The number of nitrogens with one attached hydrogen (secondary N) is 1. The van der Waals surface area contributed by atoms with Crippen LogP contribution in [-0.2, 0) is 0 Å². The maximum Gasteiger partial charge on any atom is 0.128 e. The number of ether oxygens (including phenoxy) is 1. The number of nitrogens with two attached hydrogens (primary N) is 1. The zero-order chi connectivity index (χ0) is 11.2. The Kier molecular flexibility index (Phi) is 3.56. The van der Waals surface area contributed by atoms with Crippen LogP contribution < -0.4 is 10.5 Å². The Morgan fingerprint density at radius 3 is 2.94 bits per heavy atom. The number of nitrogens with zero attached hydrogens (tertiary/aromatic N) is 1. The lowest BCUT2D eigenvalue weighted by Gasteiger charge is -2.09. The SMILES string of the molecule is NCCCOc1ccccc1-c1cnc[nH]1. The quantitative estimate of drug-likeness (QED) is 0.751. The highest BCUT2D eigenvalue weighted by Crippen LogP contribution is 2.27. The molecule has 3 N–H and O–H groups in total. The lowest BCUT2D eigenvalue weighted by atomic mass is 10.1. The molecule has 0 unspecified atom stereocenters. The van der Waals surface area contributed by atoms with Gasteiger partial charge in [0.15, 0.2) is 0 Å². The normalized spacial score (nSPS) is 10.3. The van der Waals surface area contributed by atoms with E-state index >= 15 is 0 Å². The second-order valence-corrected chi connectivity index (χ2v) is 3.45. The summed E-state index contributed by atoms with van der Waals surface area (Å²) in [6.07, 6.45) is 4.30. The zero-order valence-corrected chi connectivity index (χ0v) is 9.02. The number of imidazole rings is 1. The molecule has 0 fully saturated rings. The minimum absolute atomic E-state index is 0.641. The number of hydrogen-bond acceptors (Lipinski definition) is 3. The molecule has 4 heteroatoms. The Morgan fingerprint density at radius 1 is 1.31 bits per heavy atom. The van der Waals surface area contributed by atoms with Crippen LogP contribution in [0.15, 0.2) is 36.8 Å². The first kappa shape index (κ1) is 10.7. The predicted molar refractivity (Wildman–Crippen MR) is 63.2 cm³/mol. The van der Waals surface area contributed by atoms with Gasteiger partial charge in [-0.25, -0.2) is 4.98 Å². The van der Waals surface area contributed by atoms with Crippen LogP contribution in [-0.4, -0.2) is 23.1 Å². The van der Waals surface area contributed by atoms with E-state index in [1.165, 1.54) is 0 Å². The molecule has 0 amide bonds. The Labute approximate surface area is 94.5 Å². The molecule has 2 aromatic rings. The van der Waals surface area contributed by atoms with Gasteiger partial charge in [0.05, 0.1) is 24.8 Å². The average Bonchev–Trinajstić information content (AvgIpc) is 2.83. The van der Waals surface area contributed by atoms with Crippen molar-refractivity contribution in [3.05, 3.63) is 36.8 Å². The van der Waals surface area contributed by atoms with Crippen LogP contribution in [0.25, 0.3) is 11.3 Å². The van der Waals surface area contributed by atoms with E-state index in [1.54, 1.807) is 12.5 Å². The maximum absolute atomic E-state index is 5.67. The third-order valence-electron chi connectivity index (χ3n) is 2.28. The third kappa shape index (κ3) is 2.41. The van der Waals surface area contributed by atoms with Crippen molar-refractivity contribution in [2.24, 2.45) is 5.73 Å². The summed E-state index contributed by atoms with van der Waals surface area (Å²) in [6, 6.07) is 7.89. The van der Waals surface area contributed by atoms with Crippen molar-refractivity contribution in [2.45, 2.75) is 6.42 Å². The maximum atomic E-state index is 5.67. The van der Waals surface area contributed by atoms with E-state index < -0.39 is 0 Å². The molecule has 84 valence electrons. The molecule has 4 nitrogen and oxygen atoms in total. The van der Waals surface area contributed by atoms with Gasteiger partial charge in [0.25, 0.3) is 0 Å². The summed E-state index contributed by atoms with van der Waals surface area (Å²) in [5.74, 6) is 0.861. The smallest absolute Gasteiger partial charge is 0.128 e. The first-order chi connectivity index (χ1) is 7.92. The molecule has 1 aromatic carbocycles. The van der Waals surface area contributed by atoms with Crippen molar-refractivity contribution in [3.63, 3.8) is 0 Å². The highest BCUT2D eigenvalue weighted by molar-refractivity contribution is 5.66. The average molecular weight is 217 g/mol. The van der Waals surface area contributed by atoms with Gasteiger partial charge in [0, 0.05) is 5.56 Å². The number of H-pyrrole nitrogens is 1. The molecule has 0 saturated carbocycles. The molecular weight excluding hydrogens is 202 g/mol. The standard InChI is InChI=1S/C12H15N3O/c13-6-3-7-16-12-5-2-1-4-10(12)11-8-14-9-15-11/h1-2,4-5,8-9H,3,6-7,13H2,(H,14,15). The van der Waals surface area contributed by atoms with Crippen LogP contribution in [0.4, 0.5) is 0 Å². The highest BCUT2D eigenvalue weighted by Gasteiger charge is 2.05. The van der Waals surface area contributed by atoms with Crippen molar-refractivity contribution >= 4 is 0 Å². The lowest BCUT2D eigenvalue weighted by Crippen LogP contribution is -2.06. The van der Waals surface area contributed by atoms with E-state index in [0.29, 0.717) is 13.2 Å². The summed E-state index contributed by atoms with van der Waals surface area (Å²) in [4.78, 5) is 7.07. The van der Waals surface area contributed by atoms with Crippen LogP contribution >= 0.6 is 0 Å². The van der Waals surface area contributed by atoms with Crippen LogP contribution in [0.5, 0.6) is 5.75 Å². The Balaban J connectivity index is 2.18. The van der Waals surface area contributed by atoms with Crippen molar-refractivity contribution < 1.29 is 4.74 Å². The number of aromatic nitrogens is 2. The summed E-state index contributed by atoms with van der Waals surface area (Å²) in [5.41, 5.74) is 7.42. The molecule has 0 saturated heterocycles. The van der Waals surface area contributed by atoms with Gasteiger partial charge in [-0.3, -0.25) is 0 Å². The van der Waals surface area contributed by atoms with Crippen LogP contribution in [0, 0.1) is 0 Å². The molecule has 2 rings (SSSR count). The van der Waals surface area contributed by atoms with Gasteiger partial charge in [-0.15, -0.1) is 0 Å². The molecule has 1 aromatic heterocycles. The first-order valence-corrected chi connectivity index (χ1v) is 5.32. The summed E-state index contributed by atoms with van der Waals surface area (Å²) < 4.78 is 5.67. The fourth-order valence-electron chi connectivity index (χ4n) is 1.48. The van der Waals surface area contributed by atoms with Gasteiger partial charge in [-0.05, 0) is 25.1 Å². The number of aromatic amines is 1. The minimum atomic E-state index is 0.641. The molecule has 16 heavy (non-hydrogen) atoms. The number of rotatable bonds is 5. The summed E-state index contributed by atoms with van der Waals surface area (Å²) >= 11 is 0. The van der Waals surface area contributed by atoms with E-state index in [1.807, 2.05) is 24.3 Å². The monoisotopic (exact) mass is 217 g/mol. The van der Waals surface area contributed by atoms with Crippen molar-refractivity contribution in [2.75, 3.05) is 13.2 Å². The van der Waals surface area contributed by atoms with E-state index in [0.717, 1.165) is 23.4 Å². The fourth-order valence-corrected chi connectivity index (χ4v) is 1.48. The number of para-hydroxylation sites is 1. The summed E-state index contributed by atoms with van der Waals surface area (Å²) in [5, 5.41) is 0. The van der Waals surface area contributed by atoms with E-state index in [-0.39, 0.29) is 0 Å². The van der Waals surface area contributed by atoms with Gasteiger partial charge in [-0.2, -0.15) is 0 Å². The summed E-state index contributed by atoms with van der Waals surface area (Å²) in [7, 11) is 0. The van der Waals surface area contributed by atoms with E-state index in [4.69, 9.17) is 10.5 Å². The predicted octanol–water partition coefficient (Wildman–Crippen LogP) is 1.80. The molecular formula is C12H15N3O. The topological polar surface area (TPSA) is 63.9 Å². The molecule has 0 aliphatic carbocycles. The Hall–Kier alpha value is -1.81. The minimum Gasteiger partial charge on any atom is -0.493 e. The van der Waals surface area contributed by atoms with Crippen molar-refractivity contribution in [1.82, 2.24) is 9.97 Å². The second kappa shape index (κ2) is 5.32. The number of hydrogen-bond donors (Lipinski definition) is 2. The van der Waals surface area contributed by atoms with Gasteiger partial charge in [0.2, 0.25) is 0 Å². The second-order valence-electron chi connectivity index (χ2n) is 3.45. The van der Waals surface area contributed by atoms with Crippen molar-refractivity contribution in [1.29, 1.82) is 0 Å². The third-order valence-corrected chi connectivity index (χ3v) is 2.28. The molecule has 1 heterocycles. The van der Waals surface area contributed by atoms with Gasteiger partial charge >= 0.3 is 0 Å². The highest BCUT2D eigenvalue weighted by atomic mass is 16.5. The van der Waals surface area contributed by atoms with E-state index in [9.17, 15) is 0 Å². The molecule has 0 aliphatic heterocycles. The largest absolute Gasteiger partial charge is 0.493 e. The zero-order valence-electron chi connectivity index (χ0n) is 9.02.